The molecule has 0 saturated carbocycles. The molecule has 0 spiro atoms. The topological polar surface area (TPSA) is 100 Å². The van der Waals surface area contributed by atoms with Crippen molar-refractivity contribution in [2.24, 2.45) is 0 Å². The zero-order valence-electron chi connectivity index (χ0n) is 29.9. The number of hydrogen-bond acceptors (Lipinski definition) is 6. The molecule has 1 unspecified atom stereocenters. The molecule has 3 N–H and O–H groups in total. The monoisotopic (exact) mass is 736 g/mol. The highest BCUT2D eigenvalue weighted by molar-refractivity contribution is 8.00. The number of hydrogen-bond donors (Lipinski definition) is 3. The van der Waals surface area contributed by atoms with Gasteiger partial charge >= 0.3 is 0 Å². The van der Waals surface area contributed by atoms with E-state index in [4.69, 9.17) is 4.98 Å². The molecule has 6 rings (SSSR count). The average molecular weight is 737 g/mol. The number of thioether (sulfide) groups is 1. The molecule has 0 bridgehead atoms. The van der Waals surface area contributed by atoms with Gasteiger partial charge < -0.3 is 16.0 Å². The van der Waals surface area contributed by atoms with Crippen LogP contribution in [0, 0.1) is 13.8 Å². The van der Waals surface area contributed by atoms with Crippen LogP contribution >= 0.6 is 23.1 Å². The molecule has 0 aliphatic heterocycles. The Morgan fingerprint density at radius 2 is 1.36 bits per heavy atom. The van der Waals surface area contributed by atoms with Crippen LogP contribution in [0.1, 0.15) is 62.5 Å². The fourth-order valence-electron chi connectivity index (χ4n) is 5.54. The van der Waals surface area contributed by atoms with Crippen LogP contribution in [0.15, 0.2) is 144 Å². The molecule has 53 heavy (non-hydrogen) atoms. The Morgan fingerprint density at radius 3 is 2.00 bits per heavy atom. The van der Waals surface area contributed by atoms with Gasteiger partial charge in [0, 0.05) is 26.6 Å². The largest absolute Gasteiger partial charge is 0.321 e. The summed E-state index contributed by atoms with van der Waals surface area (Å²) in [5.74, 6) is -0.671. The first-order valence-corrected chi connectivity index (χ1v) is 19.0. The number of aromatic nitrogens is 1. The first-order valence-electron chi connectivity index (χ1n) is 17.3. The molecule has 0 aliphatic rings. The van der Waals surface area contributed by atoms with Crippen LogP contribution in [-0.4, -0.2) is 22.7 Å². The van der Waals surface area contributed by atoms with Crippen LogP contribution < -0.4 is 16.0 Å². The summed E-state index contributed by atoms with van der Waals surface area (Å²) in [6.07, 6.45) is 1.67. The van der Waals surface area contributed by atoms with E-state index < -0.39 is 11.2 Å². The molecular formula is C44H40N4O3S2. The molecular weight excluding hydrogens is 697 g/mol. The Labute approximate surface area is 318 Å². The van der Waals surface area contributed by atoms with E-state index in [1.807, 2.05) is 98.8 Å². The fourth-order valence-corrected chi connectivity index (χ4v) is 7.40. The van der Waals surface area contributed by atoms with Gasteiger partial charge in [-0.15, -0.1) is 23.1 Å². The third-order valence-corrected chi connectivity index (χ3v) is 10.7. The van der Waals surface area contributed by atoms with Crippen molar-refractivity contribution in [2.45, 2.75) is 43.8 Å². The molecule has 6 aromatic rings. The number of nitrogens with one attached hydrogen (secondary N) is 3. The summed E-state index contributed by atoms with van der Waals surface area (Å²) >= 11 is 2.86. The Morgan fingerprint density at radius 1 is 0.717 bits per heavy atom. The van der Waals surface area contributed by atoms with E-state index in [-0.39, 0.29) is 17.5 Å². The first-order chi connectivity index (χ1) is 25.6. The highest BCUT2D eigenvalue weighted by atomic mass is 32.2. The Hall–Kier alpha value is -5.77. The van der Waals surface area contributed by atoms with Gasteiger partial charge in [-0.25, -0.2) is 4.98 Å². The summed E-state index contributed by atoms with van der Waals surface area (Å²) in [6, 6.07) is 41.8. The van der Waals surface area contributed by atoms with Crippen LogP contribution in [0.25, 0.3) is 17.3 Å². The van der Waals surface area contributed by atoms with E-state index in [0.29, 0.717) is 22.3 Å². The fraction of sp³-hybridized carbons (Fsp3) is 0.136. The van der Waals surface area contributed by atoms with Crippen molar-refractivity contribution in [3.8, 4) is 11.3 Å². The maximum atomic E-state index is 13.8. The second-order valence-corrected chi connectivity index (χ2v) is 15.2. The van der Waals surface area contributed by atoms with E-state index in [2.05, 4.69) is 41.9 Å². The van der Waals surface area contributed by atoms with Crippen molar-refractivity contribution in [3.63, 3.8) is 0 Å². The highest BCUT2D eigenvalue weighted by Gasteiger charge is 2.24. The summed E-state index contributed by atoms with van der Waals surface area (Å²) in [5.41, 5.74) is 6.93. The number of benzene rings is 5. The maximum absolute atomic E-state index is 13.8. The molecule has 1 atom stereocenters. The normalized spacial score (nSPS) is 11.9. The molecule has 1 aromatic heterocycles. The molecule has 0 saturated heterocycles. The van der Waals surface area contributed by atoms with Crippen LogP contribution in [0.5, 0.6) is 0 Å². The van der Waals surface area contributed by atoms with Crippen LogP contribution in [0.2, 0.25) is 0 Å². The Bertz CT molecular complexity index is 2210. The lowest BCUT2D eigenvalue weighted by molar-refractivity contribution is -0.116. The summed E-state index contributed by atoms with van der Waals surface area (Å²) in [6.45, 7) is 8.29. The van der Waals surface area contributed by atoms with Gasteiger partial charge in [-0.2, -0.15) is 0 Å². The van der Waals surface area contributed by atoms with Crippen molar-refractivity contribution in [3.05, 3.63) is 172 Å². The maximum Gasteiger partial charge on any atom is 0.272 e. The number of amides is 3. The Balaban J connectivity index is 1.18. The van der Waals surface area contributed by atoms with Crippen molar-refractivity contribution in [2.75, 3.05) is 10.6 Å². The van der Waals surface area contributed by atoms with Gasteiger partial charge in [-0.3, -0.25) is 14.4 Å². The predicted octanol–water partition coefficient (Wildman–Crippen LogP) is 10.4. The van der Waals surface area contributed by atoms with Crippen LogP contribution in [0.3, 0.4) is 0 Å². The number of nitrogens with zero attached hydrogens (tertiary/aromatic N) is 1. The second-order valence-electron chi connectivity index (χ2n) is 12.9. The smallest absolute Gasteiger partial charge is 0.272 e. The lowest BCUT2D eigenvalue weighted by atomic mass is 10.0. The van der Waals surface area contributed by atoms with Crippen molar-refractivity contribution in [1.82, 2.24) is 10.3 Å². The van der Waals surface area contributed by atoms with E-state index in [1.54, 1.807) is 42.5 Å². The molecule has 1 heterocycles. The van der Waals surface area contributed by atoms with Crippen molar-refractivity contribution >= 4 is 57.7 Å². The van der Waals surface area contributed by atoms with Gasteiger partial charge in [0.2, 0.25) is 5.91 Å². The van der Waals surface area contributed by atoms with Crippen molar-refractivity contribution < 1.29 is 14.4 Å². The minimum Gasteiger partial charge on any atom is -0.321 e. The molecule has 266 valence electrons. The summed E-state index contributed by atoms with van der Waals surface area (Å²) in [7, 11) is 0. The third kappa shape index (κ3) is 9.77. The highest BCUT2D eigenvalue weighted by Crippen LogP contribution is 2.38. The standard InChI is InChI=1S/C44H40N4O3S2/c1-28(2)32-21-17-31(18-22-32)27-38(46-41(49)35-13-9-6-10-14-35)42(50)45-36-23-25-37(26-24-36)53-40(34-11-7-5-8-12-34)43(51)48-44-47-39(30(4)52-44)33-19-15-29(3)16-20-33/h5-28,40H,1-4H3,(H,45,50)(H,46,49)(H,47,48,51)/b38-27-. The lowest BCUT2D eigenvalue weighted by Gasteiger charge is -2.17. The minimum atomic E-state index is -0.562. The Kier molecular flexibility index (Phi) is 12.0. The van der Waals surface area contributed by atoms with Gasteiger partial charge in [0.1, 0.15) is 10.9 Å². The quantitative estimate of drug-likeness (QED) is 0.0858. The van der Waals surface area contributed by atoms with E-state index >= 15 is 0 Å². The van der Waals surface area contributed by atoms with E-state index in [9.17, 15) is 14.4 Å². The number of carbonyl (C=O) groups excluding carboxylic acids is 3. The predicted molar refractivity (Wildman–Crippen MR) is 218 cm³/mol. The zero-order valence-corrected chi connectivity index (χ0v) is 31.6. The SMILES string of the molecule is Cc1ccc(-c2nc(NC(=O)C(Sc3ccc(NC(=O)/C(=C/c4ccc(C(C)C)cc4)NC(=O)c4ccccc4)cc3)c3ccccc3)sc2C)cc1. The third-order valence-electron chi connectivity index (χ3n) is 8.50. The van der Waals surface area contributed by atoms with E-state index in [1.165, 1.54) is 34.2 Å². The van der Waals surface area contributed by atoms with Gasteiger partial charge in [0.05, 0.1) is 5.69 Å². The molecule has 0 aliphatic carbocycles. The van der Waals surface area contributed by atoms with Crippen LogP contribution in [-0.2, 0) is 9.59 Å². The first kappa shape index (κ1) is 37.0. The summed E-state index contributed by atoms with van der Waals surface area (Å²) in [4.78, 5) is 47.2. The number of anilines is 2. The number of rotatable bonds is 12. The number of aryl methyl sites for hydroxylation is 2. The molecule has 5 aromatic carbocycles. The minimum absolute atomic E-state index is 0.110. The summed E-state index contributed by atoms with van der Waals surface area (Å²) < 4.78 is 0. The number of carbonyl (C=O) groups is 3. The van der Waals surface area contributed by atoms with Gasteiger partial charge in [0.25, 0.3) is 11.8 Å². The van der Waals surface area contributed by atoms with Crippen molar-refractivity contribution in [1.29, 1.82) is 0 Å². The molecule has 9 heteroatoms. The molecule has 7 nitrogen and oxygen atoms in total. The van der Waals surface area contributed by atoms with Gasteiger partial charge in [0.15, 0.2) is 5.13 Å². The molecule has 0 fully saturated rings. The van der Waals surface area contributed by atoms with E-state index in [0.717, 1.165) is 32.2 Å². The number of thiazole rings is 1. The summed E-state index contributed by atoms with van der Waals surface area (Å²) in [5, 5.41) is 8.76. The second kappa shape index (κ2) is 17.2. The van der Waals surface area contributed by atoms with Crippen LogP contribution in [0.4, 0.5) is 10.8 Å². The molecule has 3 amide bonds. The lowest BCUT2D eigenvalue weighted by Crippen LogP contribution is -2.30. The molecule has 0 radical (unpaired) electrons. The average Bonchev–Trinajstić information content (AvgIpc) is 3.54. The zero-order chi connectivity index (χ0) is 37.3. The van der Waals surface area contributed by atoms with Gasteiger partial charge in [-0.05, 0) is 78.9 Å². The van der Waals surface area contributed by atoms with Gasteiger partial charge in [-0.1, -0.05) is 116 Å².